The zero-order chi connectivity index (χ0) is 15.1. The van der Waals surface area contributed by atoms with Crippen molar-refractivity contribution in [3.05, 3.63) is 57.1 Å². The van der Waals surface area contributed by atoms with E-state index in [9.17, 15) is 10.1 Å². The summed E-state index contributed by atoms with van der Waals surface area (Å²) < 4.78 is 2.78. The number of non-ortho nitro benzene ring substituents is 1. The fraction of sp³-hybridized carbons (Fsp3) is 0.357. The van der Waals surface area contributed by atoms with Crippen molar-refractivity contribution in [1.29, 1.82) is 0 Å². The number of hydrogen-bond donors (Lipinski definition) is 1. The first-order valence-corrected chi connectivity index (χ1v) is 7.55. The molecular weight excluding hydrogens is 336 g/mol. The van der Waals surface area contributed by atoms with Gasteiger partial charge in [0.05, 0.1) is 11.3 Å². The van der Waals surface area contributed by atoms with Gasteiger partial charge in [-0.2, -0.15) is 0 Å². The number of nitrogens with one attached hydrogen (secondary N) is 1. The molecule has 21 heavy (non-hydrogen) atoms. The molecule has 0 aliphatic heterocycles. The number of benzene rings is 1. The van der Waals surface area contributed by atoms with Gasteiger partial charge < -0.3 is 9.88 Å². The van der Waals surface area contributed by atoms with Gasteiger partial charge in [0, 0.05) is 42.1 Å². The Morgan fingerprint density at radius 3 is 2.90 bits per heavy atom. The Kier molecular flexibility index (Phi) is 5.89. The van der Waals surface area contributed by atoms with Crippen LogP contribution >= 0.6 is 15.9 Å². The molecule has 6 nitrogen and oxygen atoms in total. The van der Waals surface area contributed by atoms with Gasteiger partial charge in [0.1, 0.15) is 0 Å². The third kappa shape index (κ3) is 5.28. The standard InChI is InChI=1S/C14H17BrN4O2/c15-13-7-12(8-14(9-13)19(20)21)10-16-3-1-2-5-18-6-4-17-11-18/h4,6-9,11,16H,1-3,5,10H2. The number of nitrogens with zero attached hydrogens (tertiary/aromatic N) is 3. The molecule has 0 saturated carbocycles. The summed E-state index contributed by atoms with van der Waals surface area (Å²) >= 11 is 3.30. The van der Waals surface area contributed by atoms with Crippen LogP contribution in [-0.2, 0) is 13.1 Å². The Morgan fingerprint density at radius 2 is 2.19 bits per heavy atom. The average molecular weight is 353 g/mol. The number of halogens is 1. The summed E-state index contributed by atoms with van der Waals surface area (Å²) in [6.07, 6.45) is 7.66. The summed E-state index contributed by atoms with van der Waals surface area (Å²) in [5, 5.41) is 14.1. The van der Waals surface area contributed by atoms with Gasteiger partial charge in [-0.3, -0.25) is 10.1 Å². The lowest BCUT2D eigenvalue weighted by molar-refractivity contribution is -0.385. The quantitative estimate of drug-likeness (QED) is 0.450. The number of rotatable bonds is 8. The molecule has 0 amide bonds. The molecule has 0 aliphatic rings. The minimum Gasteiger partial charge on any atom is -0.337 e. The van der Waals surface area contributed by atoms with Crippen molar-refractivity contribution in [2.75, 3.05) is 6.54 Å². The average Bonchev–Trinajstić information content (AvgIpc) is 2.95. The van der Waals surface area contributed by atoms with E-state index in [1.54, 1.807) is 12.3 Å². The molecule has 1 N–H and O–H groups in total. The van der Waals surface area contributed by atoms with Crippen LogP contribution in [0.4, 0.5) is 5.69 Å². The van der Waals surface area contributed by atoms with Crippen molar-refractivity contribution in [3.63, 3.8) is 0 Å². The molecule has 0 fully saturated rings. The molecule has 0 radical (unpaired) electrons. The molecule has 7 heteroatoms. The monoisotopic (exact) mass is 352 g/mol. The largest absolute Gasteiger partial charge is 0.337 e. The first-order chi connectivity index (χ1) is 10.1. The van der Waals surface area contributed by atoms with E-state index < -0.39 is 0 Å². The normalized spacial score (nSPS) is 10.7. The molecule has 112 valence electrons. The Bertz CT molecular complexity index is 587. The lowest BCUT2D eigenvalue weighted by atomic mass is 10.2. The van der Waals surface area contributed by atoms with Crippen molar-refractivity contribution in [2.24, 2.45) is 0 Å². The van der Waals surface area contributed by atoms with Crippen LogP contribution < -0.4 is 5.32 Å². The van der Waals surface area contributed by atoms with Gasteiger partial charge in [0.15, 0.2) is 0 Å². The van der Waals surface area contributed by atoms with Crippen molar-refractivity contribution < 1.29 is 4.92 Å². The highest BCUT2D eigenvalue weighted by Gasteiger charge is 2.08. The number of aromatic nitrogens is 2. The molecule has 0 aliphatic carbocycles. The second-order valence-corrected chi connectivity index (χ2v) is 5.67. The number of hydrogen-bond acceptors (Lipinski definition) is 4. The molecule has 0 unspecified atom stereocenters. The highest BCUT2D eigenvalue weighted by atomic mass is 79.9. The fourth-order valence-electron chi connectivity index (χ4n) is 2.04. The van der Waals surface area contributed by atoms with Crippen LogP contribution in [0.3, 0.4) is 0 Å². The van der Waals surface area contributed by atoms with E-state index in [2.05, 4.69) is 30.8 Å². The van der Waals surface area contributed by atoms with Crippen LogP contribution in [0.15, 0.2) is 41.4 Å². The number of unbranched alkanes of at least 4 members (excludes halogenated alkanes) is 1. The van der Waals surface area contributed by atoms with Gasteiger partial charge >= 0.3 is 0 Å². The van der Waals surface area contributed by atoms with E-state index in [-0.39, 0.29) is 10.6 Å². The van der Waals surface area contributed by atoms with Crippen molar-refractivity contribution >= 4 is 21.6 Å². The highest BCUT2D eigenvalue weighted by molar-refractivity contribution is 9.10. The molecule has 0 saturated heterocycles. The molecule has 1 aromatic carbocycles. The van der Waals surface area contributed by atoms with Crippen molar-refractivity contribution in [3.8, 4) is 0 Å². The molecule has 2 aromatic rings. The van der Waals surface area contributed by atoms with Crippen LogP contribution in [-0.4, -0.2) is 21.0 Å². The van der Waals surface area contributed by atoms with Crippen LogP contribution in [0.2, 0.25) is 0 Å². The molecule has 0 atom stereocenters. The van der Waals surface area contributed by atoms with Crippen LogP contribution in [0.25, 0.3) is 0 Å². The smallest absolute Gasteiger partial charge is 0.270 e. The van der Waals surface area contributed by atoms with Gasteiger partial charge in [-0.15, -0.1) is 0 Å². The van der Waals surface area contributed by atoms with E-state index in [0.717, 1.165) is 36.0 Å². The first-order valence-electron chi connectivity index (χ1n) is 6.75. The van der Waals surface area contributed by atoms with Gasteiger partial charge in [0.25, 0.3) is 5.69 Å². The zero-order valence-electron chi connectivity index (χ0n) is 11.5. The molecule has 0 spiro atoms. The minimum atomic E-state index is -0.376. The minimum absolute atomic E-state index is 0.112. The van der Waals surface area contributed by atoms with Crippen LogP contribution in [0, 0.1) is 10.1 Å². The van der Waals surface area contributed by atoms with Crippen molar-refractivity contribution in [1.82, 2.24) is 14.9 Å². The molecule has 1 heterocycles. The fourth-order valence-corrected chi connectivity index (χ4v) is 2.57. The lowest BCUT2D eigenvalue weighted by Gasteiger charge is -2.06. The van der Waals surface area contributed by atoms with Gasteiger partial charge in [-0.05, 0) is 31.0 Å². The summed E-state index contributed by atoms with van der Waals surface area (Å²) in [6, 6.07) is 5.00. The first kappa shape index (κ1) is 15.7. The highest BCUT2D eigenvalue weighted by Crippen LogP contribution is 2.21. The lowest BCUT2D eigenvalue weighted by Crippen LogP contribution is -2.15. The van der Waals surface area contributed by atoms with E-state index in [4.69, 9.17) is 0 Å². The van der Waals surface area contributed by atoms with Gasteiger partial charge in [-0.1, -0.05) is 15.9 Å². The molecular formula is C14H17BrN4O2. The van der Waals surface area contributed by atoms with Crippen LogP contribution in [0.1, 0.15) is 18.4 Å². The predicted octanol–water partition coefficient (Wildman–Crippen LogP) is 3.12. The summed E-state index contributed by atoms with van der Waals surface area (Å²) in [6.45, 7) is 2.48. The number of aryl methyl sites for hydroxylation is 1. The Labute approximate surface area is 131 Å². The van der Waals surface area contributed by atoms with E-state index in [0.29, 0.717) is 6.54 Å². The van der Waals surface area contributed by atoms with E-state index in [1.807, 2.05) is 18.6 Å². The number of nitro groups is 1. The number of nitro benzene ring substituents is 1. The van der Waals surface area contributed by atoms with E-state index in [1.165, 1.54) is 6.07 Å². The second kappa shape index (κ2) is 7.90. The Hall–Kier alpha value is -1.73. The zero-order valence-corrected chi connectivity index (χ0v) is 13.1. The maximum Gasteiger partial charge on any atom is 0.270 e. The SMILES string of the molecule is O=[N+]([O-])c1cc(Br)cc(CNCCCCn2ccnc2)c1. The molecule has 0 bridgehead atoms. The van der Waals surface area contributed by atoms with Crippen LogP contribution in [0.5, 0.6) is 0 Å². The third-order valence-electron chi connectivity index (χ3n) is 3.06. The predicted molar refractivity (Wildman–Crippen MR) is 84.0 cm³/mol. The second-order valence-electron chi connectivity index (χ2n) is 4.76. The van der Waals surface area contributed by atoms with Gasteiger partial charge in [0.2, 0.25) is 0 Å². The Morgan fingerprint density at radius 1 is 1.33 bits per heavy atom. The topological polar surface area (TPSA) is 73.0 Å². The van der Waals surface area contributed by atoms with Gasteiger partial charge in [-0.25, -0.2) is 4.98 Å². The maximum absolute atomic E-state index is 10.8. The molecule has 2 rings (SSSR count). The summed E-state index contributed by atoms with van der Waals surface area (Å²) in [7, 11) is 0. The molecule has 1 aromatic heterocycles. The maximum atomic E-state index is 10.8. The summed E-state index contributed by atoms with van der Waals surface area (Å²) in [5.41, 5.74) is 1.02. The van der Waals surface area contributed by atoms with Crippen molar-refractivity contribution in [2.45, 2.75) is 25.9 Å². The third-order valence-corrected chi connectivity index (χ3v) is 3.52. The summed E-state index contributed by atoms with van der Waals surface area (Å²) in [4.78, 5) is 14.4. The van der Waals surface area contributed by atoms with E-state index >= 15 is 0 Å². The number of imidazole rings is 1. The Balaban J connectivity index is 1.69. The summed E-state index contributed by atoms with van der Waals surface area (Å²) in [5.74, 6) is 0.